The van der Waals surface area contributed by atoms with E-state index in [1.807, 2.05) is 30.1 Å². The van der Waals surface area contributed by atoms with Crippen LogP contribution in [0.1, 0.15) is 37.6 Å². The fourth-order valence-corrected chi connectivity index (χ4v) is 2.31. The number of imidazole rings is 1. The van der Waals surface area contributed by atoms with Crippen molar-refractivity contribution in [3.63, 3.8) is 0 Å². The van der Waals surface area contributed by atoms with Crippen LogP contribution in [-0.4, -0.2) is 33.9 Å². The van der Waals surface area contributed by atoms with Crippen LogP contribution in [0.15, 0.2) is 24.5 Å². The summed E-state index contributed by atoms with van der Waals surface area (Å²) in [5.41, 5.74) is 2.49. The minimum absolute atomic E-state index is 0.0599. The SMILES string of the molecule is CC(C)C[C@H](C)N(C)C(=O)c1ccc2nc[nH]c2c1. The number of benzene rings is 1. The summed E-state index contributed by atoms with van der Waals surface area (Å²) in [5, 5.41) is 0. The Labute approximate surface area is 113 Å². The number of rotatable bonds is 4. The molecule has 0 spiro atoms. The number of hydrogen-bond acceptors (Lipinski definition) is 2. The van der Waals surface area contributed by atoms with Crippen LogP contribution in [-0.2, 0) is 0 Å². The van der Waals surface area contributed by atoms with Gasteiger partial charge in [0.2, 0.25) is 0 Å². The standard InChI is InChI=1S/C15H21N3O/c1-10(2)7-11(3)18(4)15(19)12-5-6-13-14(8-12)17-9-16-13/h5-6,8-11H,7H2,1-4H3,(H,16,17)/t11-/m0/s1. The number of aromatic amines is 1. The fraction of sp³-hybridized carbons (Fsp3) is 0.467. The van der Waals surface area contributed by atoms with Crippen LogP contribution >= 0.6 is 0 Å². The molecule has 19 heavy (non-hydrogen) atoms. The van der Waals surface area contributed by atoms with Crippen molar-refractivity contribution in [2.45, 2.75) is 33.2 Å². The molecule has 2 aromatic rings. The lowest BCUT2D eigenvalue weighted by molar-refractivity contribution is 0.0728. The van der Waals surface area contributed by atoms with Gasteiger partial charge in [0.1, 0.15) is 0 Å². The van der Waals surface area contributed by atoms with Crippen molar-refractivity contribution in [3.05, 3.63) is 30.1 Å². The van der Waals surface area contributed by atoms with Gasteiger partial charge in [-0.2, -0.15) is 0 Å². The normalized spacial score (nSPS) is 12.9. The Balaban J connectivity index is 2.18. The predicted molar refractivity (Wildman–Crippen MR) is 77.1 cm³/mol. The first-order chi connectivity index (χ1) is 8.99. The zero-order chi connectivity index (χ0) is 14.0. The minimum atomic E-state index is 0.0599. The Hall–Kier alpha value is -1.84. The largest absolute Gasteiger partial charge is 0.345 e. The van der Waals surface area contributed by atoms with E-state index in [0.29, 0.717) is 11.5 Å². The van der Waals surface area contributed by atoms with Gasteiger partial charge in [0.05, 0.1) is 17.4 Å². The molecule has 0 saturated carbocycles. The maximum atomic E-state index is 12.4. The zero-order valence-electron chi connectivity index (χ0n) is 12.0. The molecular formula is C15H21N3O. The second-order valence-electron chi connectivity index (χ2n) is 5.53. The highest BCUT2D eigenvalue weighted by Gasteiger charge is 2.18. The van der Waals surface area contributed by atoms with Gasteiger partial charge in [-0.05, 0) is 37.5 Å². The third kappa shape index (κ3) is 2.95. The lowest BCUT2D eigenvalue weighted by Crippen LogP contribution is -2.35. The highest BCUT2D eigenvalue weighted by Crippen LogP contribution is 2.16. The lowest BCUT2D eigenvalue weighted by Gasteiger charge is -2.26. The molecule has 1 aromatic carbocycles. The van der Waals surface area contributed by atoms with Crippen molar-refractivity contribution in [2.24, 2.45) is 5.92 Å². The zero-order valence-corrected chi connectivity index (χ0v) is 12.0. The van der Waals surface area contributed by atoms with Gasteiger partial charge in [0.25, 0.3) is 5.91 Å². The monoisotopic (exact) mass is 259 g/mol. The summed E-state index contributed by atoms with van der Waals surface area (Å²) in [5.74, 6) is 0.644. The highest BCUT2D eigenvalue weighted by molar-refractivity contribution is 5.97. The summed E-state index contributed by atoms with van der Waals surface area (Å²) in [7, 11) is 1.87. The molecule has 1 N–H and O–H groups in total. The average molecular weight is 259 g/mol. The number of carbonyl (C=O) groups is 1. The number of hydrogen-bond donors (Lipinski definition) is 1. The molecule has 0 aliphatic heterocycles. The van der Waals surface area contributed by atoms with Gasteiger partial charge in [-0.3, -0.25) is 4.79 Å². The summed E-state index contributed by atoms with van der Waals surface area (Å²) in [6.45, 7) is 6.43. The molecule has 0 unspecified atom stereocenters. The summed E-state index contributed by atoms with van der Waals surface area (Å²) in [6, 6.07) is 5.82. The predicted octanol–water partition coefficient (Wildman–Crippen LogP) is 3.07. The van der Waals surface area contributed by atoms with E-state index in [1.54, 1.807) is 6.33 Å². The van der Waals surface area contributed by atoms with E-state index >= 15 is 0 Å². The smallest absolute Gasteiger partial charge is 0.253 e. The van der Waals surface area contributed by atoms with Crippen molar-refractivity contribution in [1.82, 2.24) is 14.9 Å². The van der Waals surface area contributed by atoms with Crippen molar-refractivity contribution < 1.29 is 4.79 Å². The van der Waals surface area contributed by atoms with Gasteiger partial charge in [-0.15, -0.1) is 0 Å². The van der Waals surface area contributed by atoms with Gasteiger partial charge in [-0.1, -0.05) is 13.8 Å². The van der Waals surface area contributed by atoms with E-state index in [-0.39, 0.29) is 11.9 Å². The number of fused-ring (bicyclic) bond motifs is 1. The molecular weight excluding hydrogens is 238 g/mol. The maximum Gasteiger partial charge on any atom is 0.253 e. The first-order valence-electron chi connectivity index (χ1n) is 6.69. The molecule has 0 aliphatic carbocycles. The van der Waals surface area contributed by atoms with Gasteiger partial charge in [-0.25, -0.2) is 4.98 Å². The number of carbonyl (C=O) groups excluding carboxylic acids is 1. The molecule has 0 radical (unpaired) electrons. The molecule has 0 aliphatic rings. The molecule has 1 atom stereocenters. The lowest BCUT2D eigenvalue weighted by atomic mass is 10.0. The number of aromatic nitrogens is 2. The van der Waals surface area contributed by atoms with Crippen LogP contribution in [0, 0.1) is 5.92 Å². The molecule has 2 rings (SSSR count). The summed E-state index contributed by atoms with van der Waals surface area (Å²) >= 11 is 0. The van der Waals surface area contributed by atoms with Crippen LogP contribution < -0.4 is 0 Å². The van der Waals surface area contributed by atoms with E-state index in [4.69, 9.17) is 0 Å². The Kier molecular flexibility index (Phi) is 3.88. The first-order valence-corrected chi connectivity index (χ1v) is 6.69. The van der Waals surface area contributed by atoms with Crippen molar-refractivity contribution in [2.75, 3.05) is 7.05 Å². The van der Waals surface area contributed by atoms with E-state index in [2.05, 4.69) is 30.7 Å². The molecule has 1 aromatic heterocycles. The number of H-pyrrole nitrogens is 1. The molecule has 4 nitrogen and oxygen atoms in total. The molecule has 1 heterocycles. The third-order valence-corrected chi connectivity index (χ3v) is 3.46. The molecule has 0 bridgehead atoms. The van der Waals surface area contributed by atoms with E-state index in [9.17, 15) is 4.79 Å². The van der Waals surface area contributed by atoms with Crippen molar-refractivity contribution >= 4 is 16.9 Å². The number of nitrogens with one attached hydrogen (secondary N) is 1. The molecule has 102 valence electrons. The summed E-state index contributed by atoms with van der Waals surface area (Å²) < 4.78 is 0. The maximum absolute atomic E-state index is 12.4. The minimum Gasteiger partial charge on any atom is -0.345 e. The summed E-state index contributed by atoms with van der Waals surface area (Å²) in [6.07, 6.45) is 2.65. The highest BCUT2D eigenvalue weighted by atomic mass is 16.2. The quantitative estimate of drug-likeness (QED) is 0.917. The number of amides is 1. The van der Waals surface area contributed by atoms with Gasteiger partial charge in [0.15, 0.2) is 0 Å². The fourth-order valence-electron chi connectivity index (χ4n) is 2.31. The second-order valence-corrected chi connectivity index (χ2v) is 5.53. The van der Waals surface area contributed by atoms with Gasteiger partial charge < -0.3 is 9.88 Å². The van der Waals surface area contributed by atoms with Crippen LogP contribution in [0.25, 0.3) is 11.0 Å². The van der Waals surface area contributed by atoms with Crippen LogP contribution in [0.5, 0.6) is 0 Å². The Morgan fingerprint density at radius 2 is 2.11 bits per heavy atom. The third-order valence-electron chi connectivity index (χ3n) is 3.46. The molecule has 1 amide bonds. The van der Waals surface area contributed by atoms with Gasteiger partial charge >= 0.3 is 0 Å². The van der Waals surface area contributed by atoms with Crippen molar-refractivity contribution in [1.29, 1.82) is 0 Å². The molecule has 4 heteroatoms. The van der Waals surface area contributed by atoms with Crippen molar-refractivity contribution in [3.8, 4) is 0 Å². The van der Waals surface area contributed by atoms with E-state index < -0.39 is 0 Å². The second kappa shape index (κ2) is 5.43. The Morgan fingerprint density at radius 1 is 1.37 bits per heavy atom. The van der Waals surface area contributed by atoms with Crippen LogP contribution in [0.3, 0.4) is 0 Å². The molecule has 0 fully saturated rings. The van der Waals surface area contributed by atoms with E-state index in [0.717, 1.165) is 17.5 Å². The van der Waals surface area contributed by atoms with E-state index in [1.165, 1.54) is 0 Å². The average Bonchev–Trinajstić information content (AvgIpc) is 2.83. The van der Waals surface area contributed by atoms with Crippen LogP contribution in [0.4, 0.5) is 0 Å². The first kappa shape index (κ1) is 13.6. The topological polar surface area (TPSA) is 49.0 Å². The number of nitrogens with zero attached hydrogens (tertiary/aromatic N) is 2. The summed E-state index contributed by atoms with van der Waals surface area (Å²) in [4.78, 5) is 21.4. The molecule has 0 saturated heterocycles. The Morgan fingerprint density at radius 3 is 2.79 bits per heavy atom. The van der Waals surface area contributed by atoms with Gasteiger partial charge in [0, 0.05) is 18.7 Å². The Bertz CT molecular complexity index is 574. The van der Waals surface area contributed by atoms with Crippen LogP contribution in [0.2, 0.25) is 0 Å².